The Morgan fingerprint density at radius 1 is 1.33 bits per heavy atom. The highest BCUT2D eigenvalue weighted by Gasteiger charge is 2.19. The number of Topliss-reactive ketones (excluding diaryl/α,β-unsaturated/α-hetero) is 2. The highest BCUT2D eigenvalue weighted by Crippen LogP contribution is 2.19. The van der Waals surface area contributed by atoms with Gasteiger partial charge in [0.25, 0.3) is 5.69 Å². The number of hydrogen-bond acceptors (Lipinski definition) is 4. The Balaban J connectivity index is 3.08. The summed E-state index contributed by atoms with van der Waals surface area (Å²) >= 11 is 0. The first-order valence-corrected chi connectivity index (χ1v) is 4.28. The fourth-order valence-electron chi connectivity index (χ4n) is 1.19. The largest absolute Gasteiger partial charge is 0.300 e. The van der Waals surface area contributed by atoms with E-state index in [1.54, 1.807) is 0 Å². The zero-order valence-electron chi connectivity index (χ0n) is 8.10. The van der Waals surface area contributed by atoms with Crippen LogP contribution in [0.1, 0.15) is 23.7 Å². The van der Waals surface area contributed by atoms with Crippen molar-refractivity contribution in [3.63, 3.8) is 0 Å². The van der Waals surface area contributed by atoms with Crippen molar-refractivity contribution in [2.75, 3.05) is 0 Å². The Morgan fingerprint density at radius 2 is 1.93 bits per heavy atom. The van der Waals surface area contributed by atoms with Gasteiger partial charge in [0.2, 0.25) is 0 Å². The van der Waals surface area contributed by atoms with Crippen LogP contribution in [0.3, 0.4) is 0 Å². The maximum absolute atomic E-state index is 11.5. The number of carbonyl (C=O) groups excluding carboxylic acids is 2. The quantitative estimate of drug-likeness (QED) is 0.326. The SMILES string of the molecule is CC(=O)CC(=O)c1ccccc1[N+](=O)[O-]. The second-order valence-corrected chi connectivity index (χ2v) is 3.08. The van der Waals surface area contributed by atoms with Crippen molar-refractivity contribution in [3.05, 3.63) is 39.9 Å². The molecule has 0 spiro atoms. The molecule has 0 heterocycles. The van der Waals surface area contributed by atoms with Gasteiger partial charge in [-0.05, 0) is 13.0 Å². The number of nitro groups is 1. The van der Waals surface area contributed by atoms with Crippen molar-refractivity contribution in [3.8, 4) is 0 Å². The van der Waals surface area contributed by atoms with Gasteiger partial charge < -0.3 is 0 Å². The van der Waals surface area contributed by atoms with Crippen LogP contribution in [0.25, 0.3) is 0 Å². The van der Waals surface area contributed by atoms with Crippen LogP contribution in [0.4, 0.5) is 5.69 Å². The van der Waals surface area contributed by atoms with Crippen LogP contribution < -0.4 is 0 Å². The lowest BCUT2D eigenvalue weighted by Gasteiger charge is -1.99. The van der Waals surface area contributed by atoms with Crippen LogP contribution in [0.15, 0.2) is 24.3 Å². The van der Waals surface area contributed by atoms with Crippen LogP contribution in [0.5, 0.6) is 0 Å². The Kier molecular flexibility index (Phi) is 3.28. The molecule has 15 heavy (non-hydrogen) atoms. The smallest absolute Gasteiger partial charge is 0.280 e. The zero-order chi connectivity index (χ0) is 11.4. The topological polar surface area (TPSA) is 77.3 Å². The predicted octanol–water partition coefficient (Wildman–Crippen LogP) is 1.76. The maximum Gasteiger partial charge on any atom is 0.280 e. The molecule has 0 amide bonds. The average molecular weight is 207 g/mol. The molecule has 0 bridgehead atoms. The zero-order valence-corrected chi connectivity index (χ0v) is 8.10. The molecule has 1 rings (SSSR count). The molecule has 5 heteroatoms. The van der Waals surface area contributed by atoms with E-state index in [4.69, 9.17) is 0 Å². The maximum atomic E-state index is 11.5. The summed E-state index contributed by atoms with van der Waals surface area (Å²) in [6, 6.07) is 5.60. The summed E-state index contributed by atoms with van der Waals surface area (Å²) in [5.74, 6) is -0.826. The summed E-state index contributed by atoms with van der Waals surface area (Å²) in [6.07, 6.45) is -0.301. The molecule has 0 radical (unpaired) electrons. The molecule has 78 valence electrons. The van der Waals surface area contributed by atoms with Crippen molar-refractivity contribution < 1.29 is 14.5 Å². The van der Waals surface area contributed by atoms with E-state index in [0.717, 1.165) is 0 Å². The number of hydrogen-bond donors (Lipinski definition) is 0. The fraction of sp³-hybridized carbons (Fsp3) is 0.200. The molecule has 0 atom stereocenters. The number of nitrogens with zero attached hydrogens (tertiary/aromatic N) is 1. The van der Waals surface area contributed by atoms with Gasteiger partial charge in [-0.1, -0.05) is 12.1 Å². The molecule has 5 nitrogen and oxygen atoms in total. The Labute approximate surface area is 85.9 Å². The van der Waals surface area contributed by atoms with E-state index >= 15 is 0 Å². The predicted molar refractivity (Wildman–Crippen MR) is 52.7 cm³/mol. The molecule has 0 unspecified atom stereocenters. The van der Waals surface area contributed by atoms with Crippen LogP contribution in [-0.4, -0.2) is 16.5 Å². The minimum atomic E-state index is -0.632. The lowest BCUT2D eigenvalue weighted by Crippen LogP contribution is -2.07. The molecule has 1 aromatic rings. The number of carbonyl (C=O) groups is 2. The van der Waals surface area contributed by atoms with Crippen molar-refractivity contribution in [2.24, 2.45) is 0 Å². The van der Waals surface area contributed by atoms with E-state index in [9.17, 15) is 19.7 Å². The number of rotatable bonds is 4. The van der Waals surface area contributed by atoms with Crippen LogP contribution in [-0.2, 0) is 4.79 Å². The fourth-order valence-corrected chi connectivity index (χ4v) is 1.19. The molecule has 0 aromatic heterocycles. The van der Waals surface area contributed by atoms with E-state index in [-0.39, 0.29) is 23.5 Å². The molecular weight excluding hydrogens is 198 g/mol. The molecule has 0 aliphatic carbocycles. The van der Waals surface area contributed by atoms with E-state index < -0.39 is 10.7 Å². The minimum Gasteiger partial charge on any atom is -0.300 e. The van der Waals surface area contributed by atoms with Crippen molar-refractivity contribution in [1.29, 1.82) is 0 Å². The number of benzene rings is 1. The summed E-state index contributed by atoms with van der Waals surface area (Å²) in [5.41, 5.74) is -0.276. The van der Waals surface area contributed by atoms with Gasteiger partial charge in [-0.25, -0.2) is 0 Å². The van der Waals surface area contributed by atoms with Crippen LogP contribution >= 0.6 is 0 Å². The molecule has 0 saturated heterocycles. The third-order valence-electron chi connectivity index (χ3n) is 1.81. The highest BCUT2D eigenvalue weighted by atomic mass is 16.6. The average Bonchev–Trinajstić information content (AvgIpc) is 2.16. The monoisotopic (exact) mass is 207 g/mol. The number of nitro benzene ring substituents is 1. The highest BCUT2D eigenvalue weighted by molar-refractivity contribution is 6.09. The third kappa shape index (κ3) is 2.70. The van der Waals surface area contributed by atoms with Gasteiger partial charge in [0.05, 0.1) is 16.9 Å². The van der Waals surface area contributed by atoms with Gasteiger partial charge in [-0.2, -0.15) is 0 Å². The third-order valence-corrected chi connectivity index (χ3v) is 1.81. The van der Waals surface area contributed by atoms with Crippen molar-refractivity contribution in [2.45, 2.75) is 13.3 Å². The molecule has 0 saturated carbocycles. The molecular formula is C10H9NO4. The minimum absolute atomic E-state index is 0.0160. The Morgan fingerprint density at radius 3 is 2.47 bits per heavy atom. The van der Waals surface area contributed by atoms with Gasteiger partial charge >= 0.3 is 0 Å². The molecule has 0 fully saturated rings. The molecule has 0 N–H and O–H groups in total. The van der Waals surface area contributed by atoms with Crippen LogP contribution in [0, 0.1) is 10.1 Å². The van der Waals surface area contributed by atoms with Gasteiger partial charge in [-0.15, -0.1) is 0 Å². The summed E-state index contributed by atoms with van der Waals surface area (Å²) in [6.45, 7) is 1.27. The molecule has 0 aliphatic rings. The first-order chi connectivity index (χ1) is 7.02. The first kappa shape index (κ1) is 11.0. The Hall–Kier alpha value is -2.04. The summed E-state index contributed by atoms with van der Waals surface area (Å²) in [7, 11) is 0. The Bertz CT molecular complexity index is 425. The first-order valence-electron chi connectivity index (χ1n) is 4.28. The van der Waals surface area contributed by atoms with Gasteiger partial charge in [0.15, 0.2) is 5.78 Å². The van der Waals surface area contributed by atoms with E-state index in [2.05, 4.69) is 0 Å². The second-order valence-electron chi connectivity index (χ2n) is 3.08. The lowest BCUT2D eigenvalue weighted by atomic mass is 10.0. The normalized spacial score (nSPS) is 9.67. The van der Waals surface area contributed by atoms with E-state index in [1.807, 2.05) is 0 Å². The van der Waals surface area contributed by atoms with Crippen LogP contribution in [0.2, 0.25) is 0 Å². The summed E-state index contributed by atoms with van der Waals surface area (Å²) in [5, 5.41) is 10.6. The van der Waals surface area contributed by atoms with Crippen molar-refractivity contribution >= 4 is 17.3 Å². The standard InChI is InChI=1S/C10H9NO4/c1-7(12)6-10(13)8-4-2-3-5-9(8)11(14)15/h2-5H,6H2,1H3. The lowest BCUT2D eigenvalue weighted by molar-refractivity contribution is -0.385. The summed E-state index contributed by atoms with van der Waals surface area (Å²) < 4.78 is 0. The van der Waals surface area contributed by atoms with Gasteiger partial charge in [0.1, 0.15) is 5.78 Å². The summed E-state index contributed by atoms with van der Waals surface area (Å²) in [4.78, 5) is 32.1. The van der Waals surface area contributed by atoms with Gasteiger partial charge in [-0.3, -0.25) is 19.7 Å². The van der Waals surface area contributed by atoms with E-state index in [1.165, 1.54) is 31.2 Å². The second kappa shape index (κ2) is 4.45. The molecule has 1 aromatic carbocycles. The van der Waals surface area contributed by atoms with E-state index in [0.29, 0.717) is 0 Å². The number of para-hydroxylation sites is 1. The van der Waals surface area contributed by atoms with Crippen molar-refractivity contribution in [1.82, 2.24) is 0 Å². The molecule has 0 aliphatic heterocycles. The van der Waals surface area contributed by atoms with Gasteiger partial charge in [0, 0.05) is 6.07 Å². The number of ketones is 2.